The number of carbonyl (C=O) groups is 2. The lowest BCUT2D eigenvalue weighted by Gasteiger charge is -2.27. The summed E-state index contributed by atoms with van der Waals surface area (Å²) in [5.74, 6) is -3.90. The van der Waals surface area contributed by atoms with Crippen molar-refractivity contribution in [2.75, 3.05) is 18.1 Å². The van der Waals surface area contributed by atoms with Gasteiger partial charge < -0.3 is 10.1 Å². The Morgan fingerprint density at radius 3 is 2.61 bits per heavy atom. The van der Waals surface area contributed by atoms with Gasteiger partial charge in [0.1, 0.15) is 6.07 Å². The van der Waals surface area contributed by atoms with Gasteiger partial charge in [0.05, 0.1) is 6.20 Å². The second-order valence-corrected chi connectivity index (χ2v) is 6.11. The SMILES string of the molecule is CCCCNC(=O)NN(CC(C)C)c1nc(C#N)ncc1OC(=O)C(F)(F)F. The lowest BCUT2D eigenvalue weighted by Crippen LogP contribution is -2.49. The van der Waals surface area contributed by atoms with Crippen LogP contribution in [0.5, 0.6) is 5.75 Å². The van der Waals surface area contributed by atoms with E-state index in [1.54, 1.807) is 19.9 Å². The van der Waals surface area contributed by atoms with Crippen molar-refractivity contribution in [3.8, 4) is 11.8 Å². The number of anilines is 1. The molecule has 0 unspecified atom stereocenters. The van der Waals surface area contributed by atoms with Gasteiger partial charge in [0, 0.05) is 13.1 Å². The monoisotopic (exact) mass is 402 g/mol. The molecule has 2 amide bonds. The number of hydrazine groups is 1. The Hall–Kier alpha value is -3.10. The summed E-state index contributed by atoms with van der Waals surface area (Å²) in [7, 11) is 0. The number of rotatable bonds is 8. The first-order chi connectivity index (χ1) is 13.1. The normalized spacial score (nSPS) is 10.9. The summed E-state index contributed by atoms with van der Waals surface area (Å²) in [6, 6.07) is 1.02. The molecule has 9 nitrogen and oxygen atoms in total. The van der Waals surface area contributed by atoms with Crippen LogP contribution >= 0.6 is 0 Å². The molecule has 0 saturated carbocycles. The zero-order valence-electron chi connectivity index (χ0n) is 15.6. The quantitative estimate of drug-likeness (QED) is 0.389. The maximum Gasteiger partial charge on any atom is 0.491 e. The van der Waals surface area contributed by atoms with Gasteiger partial charge in [0.25, 0.3) is 0 Å². The Kier molecular flexibility index (Phi) is 8.43. The molecular weight excluding hydrogens is 381 g/mol. The van der Waals surface area contributed by atoms with E-state index in [-0.39, 0.29) is 24.1 Å². The van der Waals surface area contributed by atoms with E-state index in [1.807, 2.05) is 6.92 Å². The number of nitrogens with one attached hydrogen (secondary N) is 2. The predicted molar refractivity (Wildman–Crippen MR) is 92.1 cm³/mol. The standard InChI is InChI=1S/C16H21F3N6O3/c1-4-5-6-21-15(27)24-25(9-10(2)3)13-11(8-22-12(7-20)23-13)28-14(26)16(17,18)19/h8,10H,4-6,9H2,1-3H3,(H2,21,24,27). The maximum absolute atomic E-state index is 12.5. The number of ether oxygens (including phenoxy) is 1. The highest BCUT2D eigenvalue weighted by Crippen LogP contribution is 2.28. The van der Waals surface area contributed by atoms with E-state index in [1.165, 1.54) is 0 Å². The molecule has 0 spiro atoms. The molecule has 12 heteroatoms. The molecule has 2 N–H and O–H groups in total. The Balaban J connectivity index is 3.20. The number of hydrogen-bond acceptors (Lipinski definition) is 7. The van der Waals surface area contributed by atoms with E-state index < -0.39 is 23.9 Å². The minimum Gasteiger partial charge on any atom is -0.414 e. The van der Waals surface area contributed by atoms with Crippen LogP contribution in [-0.2, 0) is 4.79 Å². The number of hydrogen-bond donors (Lipinski definition) is 2. The van der Waals surface area contributed by atoms with Crippen LogP contribution in [0, 0.1) is 17.2 Å². The Morgan fingerprint density at radius 2 is 2.07 bits per heavy atom. The third-order valence-corrected chi connectivity index (χ3v) is 3.13. The van der Waals surface area contributed by atoms with Crippen LogP contribution in [-0.4, -0.2) is 41.2 Å². The van der Waals surface area contributed by atoms with Crippen LogP contribution in [0.15, 0.2) is 6.20 Å². The third-order valence-electron chi connectivity index (χ3n) is 3.13. The summed E-state index contributed by atoms with van der Waals surface area (Å²) in [4.78, 5) is 30.6. The van der Waals surface area contributed by atoms with Crippen LogP contribution in [0.1, 0.15) is 39.4 Å². The van der Waals surface area contributed by atoms with Gasteiger partial charge in [-0.1, -0.05) is 27.2 Å². The molecule has 0 aromatic carbocycles. The highest BCUT2D eigenvalue weighted by atomic mass is 19.4. The molecular formula is C16H21F3N6O3. The number of esters is 1. The summed E-state index contributed by atoms with van der Waals surface area (Å²) in [5, 5.41) is 12.7. The fraction of sp³-hybridized carbons (Fsp3) is 0.562. The highest BCUT2D eigenvalue weighted by Gasteiger charge is 2.42. The molecule has 0 bridgehead atoms. The van der Waals surface area contributed by atoms with Gasteiger partial charge in [-0.3, -0.25) is 5.01 Å². The first-order valence-electron chi connectivity index (χ1n) is 8.46. The van der Waals surface area contributed by atoms with Gasteiger partial charge in [-0.2, -0.15) is 23.4 Å². The van der Waals surface area contributed by atoms with Crippen LogP contribution in [0.3, 0.4) is 0 Å². The molecule has 0 atom stereocenters. The number of nitriles is 1. The molecule has 1 aromatic rings. The van der Waals surface area contributed by atoms with Crippen molar-refractivity contribution in [1.82, 2.24) is 20.7 Å². The Labute approximate surface area is 159 Å². The topological polar surface area (TPSA) is 120 Å². The number of unbranched alkanes of at least 4 members (excludes halogenated alkanes) is 1. The van der Waals surface area contributed by atoms with Gasteiger partial charge in [-0.15, -0.1) is 0 Å². The van der Waals surface area contributed by atoms with E-state index in [2.05, 4.69) is 25.4 Å². The van der Waals surface area contributed by atoms with Crippen molar-refractivity contribution < 1.29 is 27.5 Å². The van der Waals surface area contributed by atoms with Crippen LogP contribution < -0.4 is 20.5 Å². The highest BCUT2D eigenvalue weighted by molar-refractivity contribution is 5.80. The van der Waals surface area contributed by atoms with Crippen molar-refractivity contribution in [1.29, 1.82) is 5.26 Å². The fourth-order valence-corrected chi connectivity index (χ4v) is 1.93. The minimum atomic E-state index is -5.24. The first-order valence-corrected chi connectivity index (χ1v) is 8.46. The average molecular weight is 402 g/mol. The predicted octanol–water partition coefficient (Wildman–Crippen LogP) is 2.29. The second-order valence-electron chi connectivity index (χ2n) is 6.11. The van der Waals surface area contributed by atoms with Crippen LogP contribution in [0.2, 0.25) is 0 Å². The molecule has 154 valence electrons. The fourth-order valence-electron chi connectivity index (χ4n) is 1.93. The van der Waals surface area contributed by atoms with Gasteiger partial charge in [0.15, 0.2) is 11.6 Å². The molecule has 0 aliphatic carbocycles. The van der Waals surface area contributed by atoms with Crippen LogP contribution in [0.4, 0.5) is 23.8 Å². The Morgan fingerprint density at radius 1 is 1.39 bits per heavy atom. The molecule has 0 fully saturated rings. The number of aromatic nitrogens is 2. The van der Waals surface area contributed by atoms with E-state index in [0.29, 0.717) is 6.54 Å². The molecule has 28 heavy (non-hydrogen) atoms. The molecule has 0 saturated heterocycles. The van der Waals surface area contributed by atoms with E-state index in [4.69, 9.17) is 5.26 Å². The first kappa shape index (κ1) is 22.9. The van der Waals surface area contributed by atoms with Crippen molar-refractivity contribution in [3.63, 3.8) is 0 Å². The van der Waals surface area contributed by atoms with Crippen LogP contribution in [0.25, 0.3) is 0 Å². The number of carbonyl (C=O) groups excluding carboxylic acids is 2. The largest absolute Gasteiger partial charge is 0.491 e. The van der Waals surface area contributed by atoms with Crippen molar-refractivity contribution >= 4 is 17.8 Å². The van der Waals surface area contributed by atoms with Crippen molar-refractivity contribution in [3.05, 3.63) is 12.0 Å². The molecule has 0 radical (unpaired) electrons. The van der Waals surface area contributed by atoms with E-state index >= 15 is 0 Å². The molecule has 1 heterocycles. The van der Waals surface area contributed by atoms with Gasteiger partial charge >= 0.3 is 18.2 Å². The second kappa shape index (κ2) is 10.3. The van der Waals surface area contributed by atoms with Gasteiger partial charge in [0.2, 0.25) is 5.82 Å². The summed E-state index contributed by atoms with van der Waals surface area (Å²) in [6.45, 7) is 6.02. The number of alkyl halides is 3. The lowest BCUT2D eigenvalue weighted by atomic mass is 10.2. The van der Waals surface area contributed by atoms with Gasteiger partial charge in [-0.25, -0.2) is 20.0 Å². The minimum absolute atomic E-state index is 0.0670. The summed E-state index contributed by atoms with van der Waals surface area (Å²) in [6.07, 6.45) is -2.88. The van der Waals surface area contributed by atoms with Gasteiger partial charge in [-0.05, 0) is 12.3 Å². The smallest absolute Gasteiger partial charge is 0.414 e. The lowest BCUT2D eigenvalue weighted by molar-refractivity contribution is -0.189. The Bertz CT molecular complexity index is 733. The average Bonchev–Trinajstić information content (AvgIpc) is 2.60. The number of urea groups is 1. The summed E-state index contributed by atoms with van der Waals surface area (Å²) < 4.78 is 42.0. The van der Waals surface area contributed by atoms with Crippen molar-refractivity contribution in [2.24, 2.45) is 5.92 Å². The van der Waals surface area contributed by atoms with E-state index in [0.717, 1.165) is 24.0 Å². The third kappa shape index (κ3) is 7.26. The summed E-state index contributed by atoms with van der Waals surface area (Å²) >= 11 is 0. The molecule has 0 aliphatic heterocycles. The summed E-state index contributed by atoms with van der Waals surface area (Å²) in [5.41, 5.74) is 2.44. The number of halogens is 3. The molecule has 0 aliphatic rings. The number of nitrogens with zero attached hydrogens (tertiary/aromatic N) is 4. The zero-order chi connectivity index (χ0) is 21.3. The number of amides is 2. The maximum atomic E-state index is 12.5. The molecule has 1 aromatic heterocycles. The van der Waals surface area contributed by atoms with Crippen molar-refractivity contribution in [2.45, 2.75) is 39.8 Å². The molecule has 1 rings (SSSR count). The van der Waals surface area contributed by atoms with E-state index in [9.17, 15) is 22.8 Å². The zero-order valence-corrected chi connectivity index (χ0v) is 15.6.